The van der Waals surface area contributed by atoms with Gasteiger partial charge in [0.05, 0.1) is 19.8 Å². The lowest BCUT2D eigenvalue weighted by Crippen LogP contribution is -2.38. The van der Waals surface area contributed by atoms with E-state index in [-0.39, 0.29) is 24.0 Å². The number of guanidine groups is 1. The number of benzene rings is 1. The molecule has 2 atom stereocenters. The van der Waals surface area contributed by atoms with Gasteiger partial charge in [0.25, 0.3) is 0 Å². The highest BCUT2D eigenvalue weighted by Crippen LogP contribution is 2.29. The molecule has 1 aliphatic heterocycles. The van der Waals surface area contributed by atoms with Gasteiger partial charge in [-0.05, 0) is 37.3 Å². The predicted octanol–water partition coefficient (Wildman–Crippen LogP) is 3.55. The van der Waals surface area contributed by atoms with Crippen LogP contribution < -0.4 is 10.6 Å². The van der Waals surface area contributed by atoms with Crippen LogP contribution in [0.4, 0.5) is 0 Å². The third kappa shape index (κ3) is 8.01. The van der Waals surface area contributed by atoms with Crippen LogP contribution in [0.25, 0.3) is 10.1 Å². The number of fused-ring (bicyclic) bond motifs is 1. The zero-order valence-corrected chi connectivity index (χ0v) is 20.1. The summed E-state index contributed by atoms with van der Waals surface area (Å²) in [6.45, 7) is 7.15. The lowest BCUT2D eigenvalue weighted by Gasteiger charge is -2.13. The highest BCUT2D eigenvalue weighted by molar-refractivity contribution is 14.0. The third-order valence-electron chi connectivity index (χ3n) is 4.68. The van der Waals surface area contributed by atoms with E-state index in [1.807, 2.05) is 25.1 Å². The fraction of sp³-hybridized carbons (Fsp3) is 0.571. The van der Waals surface area contributed by atoms with Gasteiger partial charge < -0.3 is 25.2 Å². The fourth-order valence-electron chi connectivity index (χ4n) is 3.12. The van der Waals surface area contributed by atoms with Crippen LogP contribution in [0.5, 0.6) is 0 Å². The lowest BCUT2D eigenvalue weighted by atomic mass is 10.1. The molecule has 3 rings (SSSR count). The van der Waals surface area contributed by atoms with Gasteiger partial charge in [0.1, 0.15) is 6.10 Å². The van der Waals surface area contributed by atoms with Crippen molar-refractivity contribution in [2.75, 3.05) is 46.1 Å². The van der Waals surface area contributed by atoms with Crippen LogP contribution in [0.1, 0.15) is 30.7 Å². The number of nitrogens with zero attached hydrogens (tertiary/aromatic N) is 1. The van der Waals surface area contributed by atoms with E-state index in [2.05, 4.69) is 27.8 Å². The van der Waals surface area contributed by atoms with Gasteiger partial charge in [0.15, 0.2) is 5.96 Å². The molecule has 0 spiro atoms. The number of rotatable bonds is 10. The third-order valence-corrected chi connectivity index (χ3v) is 5.89. The summed E-state index contributed by atoms with van der Waals surface area (Å²) in [5.74, 6) is 1.29. The Morgan fingerprint density at radius 2 is 2.24 bits per heavy atom. The van der Waals surface area contributed by atoms with Gasteiger partial charge in [-0.2, -0.15) is 0 Å². The van der Waals surface area contributed by atoms with Crippen LogP contribution in [0, 0.1) is 5.92 Å². The predicted molar refractivity (Wildman–Crippen MR) is 131 cm³/mol. The van der Waals surface area contributed by atoms with E-state index in [9.17, 15) is 5.11 Å². The molecular formula is C21H32IN3O3S. The highest BCUT2D eigenvalue weighted by Gasteiger charge is 2.15. The highest BCUT2D eigenvalue weighted by atomic mass is 127. The largest absolute Gasteiger partial charge is 0.386 e. The van der Waals surface area contributed by atoms with Gasteiger partial charge in [-0.3, -0.25) is 4.99 Å². The Hall–Kier alpha value is -0.940. The zero-order valence-electron chi connectivity index (χ0n) is 16.9. The molecule has 0 aliphatic carbocycles. The molecule has 1 aromatic heterocycles. The first-order valence-corrected chi connectivity index (χ1v) is 10.9. The Bertz CT molecular complexity index is 717. The molecule has 0 bridgehead atoms. The van der Waals surface area contributed by atoms with E-state index in [1.54, 1.807) is 11.3 Å². The SMILES string of the molecule is CCNC(=NCC(O)c1cc2ccccc2s1)NCCCOCC1CCOC1.I. The second-order valence-electron chi connectivity index (χ2n) is 7.01. The molecule has 2 unspecified atom stereocenters. The van der Waals surface area contributed by atoms with Crippen molar-refractivity contribution in [3.8, 4) is 0 Å². The lowest BCUT2D eigenvalue weighted by molar-refractivity contribution is 0.0888. The topological polar surface area (TPSA) is 75.1 Å². The van der Waals surface area contributed by atoms with E-state index >= 15 is 0 Å². The summed E-state index contributed by atoms with van der Waals surface area (Å²) < 4.78 is 12.3. The molecule has 2 aromatic rings. The maximum absolute atomic E-state index is 10.5. The average molecular weight is 533 g/mol. The van der Waals surface area contributed by atoms with Crippen molar-refractivity contribution < 1.29 is 14.6 Å². The van der Waals surface area contributed by atoms with Crippen LogP contribution in [0.3, 0.4) is 0 Å². The first kappa shape index (κ1) is 24.3. The molecule has 1 aliphatic rings. The molecule has 8 heteroatoms. The molecule has 3 N–H and O–H groups in total. The summed E-state index contributed by atoms with van der Waals surface area (Å²) in [7, 11) is 0. The Balaban J connectivity index is 0.00000300. The molecule has 2 heterocycles. The van der Waals surface area contributed by atoms with Gasteiger partial charge >= 0.3 is 0 Å². The minimum Gasteiger partial charge on any atom is -0.386 e. The summed E-state index contributed by atoms with van der Waals surface area (Å²) >= 11 is 1.62. The molecule has 29 heavy (non-hydrogen) atoms. The molecule has 0 amide bonds. The molecule has 162 valence electrons. The van der Waals surface area contributed by atoms with Crippen molar-refractivity contribution in [2.45, 2.75) is 25.9 Å². The van der Waals surface area contributed by atoms with E-state index in [1.165, 1.54) is 10.1 Å². The molecule has 1 fully saturated rings. The number of nitrogens with one attached hydrogen (secondary N) is 2. The van der Waals surface area contributed by atoms with Crippen molar-refractivity contribution in [3.05, 3.63) is 35.2 Å². The standard InChI is InChI=1S/C21H31N3O3S.HI/c1-2-22-21(23-9-5-10-26-14-16-8-11-27-15-16)24-13-18(25)20-12-17-6-3-4-7-19(17)28-20;/h3-4,6-7,12,16,18,25H,2,5,8-11,13-15H2,1H3,(H2,22,23,24);1H. The molecular weight excluding hydrogens is 501 g/mol. The number of hydrogen-bond acceptors (Lipinski definition) is 5. The summed E-state index contributed by atoms with van der Waals surface area (Å²) in [5, 5.41) is 18.2. The van der Waals surface area contributed by atoms with Crippen LogP contribution in [-0.2, 0) is 9.47 Å². The number of aliphatic hydroxyl groups excluding tert-OH is 1. The summed E-state index contributed by atoms with van der Waals surface area (Å²) in [5.41, 5.74) is 0. The molecule has 1 saturated heterocycles. The number of hydrogen-bond donors (Lipinski definition) is 3. The van der Waals surface area contributed by atoms with Crippen molar-refractivity contribution >= 4 is 51.4 Å². The monoisotopic (exact) mass is 533 g/mol. The van der Waals surface area contributed by atoms with Gasteiger partial charge in [0.2, 0.25) is 0 Å². The first-order valence-electron chi connectivity index (χ1n) is 10.1. The molecule has 6 nitrogen and oxygen atoms in total. The first-order chi connectivity index (χ1) is 13.8. The Kier molecular flexibility index (Phi) is 11.2. The van der Waals surface area contributed by atoms with Crippen molar-refractivity contribution in [1.82, 2.24) is 10.6 Å². The van der Waals surface area contributed by atoms with E-state index in [4.69, 9.17) is 9.47 Å². The summed E-state index contributed by atoms with van der Waals surface area (Å²) in [6, 6.07) is 10.2. The minimum absolute atomic E-state index is 0. The number of aliphatic hydroxyl groups is 1. The number of aliphatic imine (C=N–C) groups is 1. The van der Waals surface area contributed by atoms with Crippen molar-refractivity contribution in [3.63, 3.8) is 0 Å². The maximum Gasteiger partial charge on any atom is 0.191 e. The van der Waals surface area contributed by atoms with Gasteiger partial charge in [-0.15, -0.1) is 35.3 Å². The van der Waals surface area contributed by atoms with Crippen LogP contribution in [0.15, 0.2) is 35.3 Å². The average Bonchev–Trinajstić information content (AvgIpc) is 3.37. The van der Waals surface area contributed by atoms with Crippen molar-refractivity contribution in [2.24, 2.45) is 10.9 Å². The second-order valence-corrected chi connectivity index (χ2v) is 8.12. The molecule has 0 radical (unpaired) electrons. The van der Waals surface area contributed by atoms with Gasteiger partial charge in [-0.1, -0.05) is 18.2 Å². The van der Waals surface area contributed by atoms with Crippen LogP contribution in [-0.4, -0.2) is 57.1 Å². The minimum atomic E-state index is -0.593. The van der Waals surface area contributed by atoms with E-state index in [0.717, 1.165) is 63.2 Å². The molecule has 0 saturated carbocycles. The fourth-order valence-corrected chi connectivity index (χ4v) is 4.16. The second kappa shape index (κ2) is 13.4. The maximum atomic E-state index is 10.5. The van der Waals surface area contributed by atoms with Crippen LogP contribution >= 0.6 is 35.3 Å². The van der Waals surface area contributed by atoms with Gasteiger partial charge in [-0.25, -0.2) is 0 Å². The quantitative estimate of drug-likeness (QED) is 0.189. The van der Waals surface area contributed by atoms with Crippen LogP contribution in [0.2, 0.25) is 0 Å². The Morgan fingerprint density at radius 3 is 3.00 bits per heavy atom. The number of halogens is 1. The smallest absolute Gasteiger partial charge is 0.191 e. The number of ether oxygens (including phenoxy) is 2. The van der Waals surface area contributed by atoms with E-state index in [0.29, 0.717) is 12.5 Å². The van der Waals surface area contributed by atoms with Gasteiger partial charge in [0, 0.05) is 41.8 Å². The zero-order chi connectivity index (χ0) is 19.6. The Morgan fingerprint density at radius 1 is 1.38 bits per heavy atom. The Labute approximate surface area is 194 Å². The number of thiophene rings is 1. The summed E-state index contributed by atoms with van der Waals surface area (Å²) in [6.07, 6.45) is 1.43. The normalized spacial score (nSPS) is 17.9. The molecule has 1 aromatic carbocycles. The van der Waals surface area contributed by atoms with E-state index < -0.39 is 6.10 Å². The summed E-state index contributed by atoms with van der Waals surface area (Å²) in [4.78, 5) is 5.48. The van der Waals surface area contributed by atoms with Crippen molar-refractivity contribution in [1.29, 1.82) is 0 Å².